The van der Waals surface area contributed by atoms with Crippen LogP contribution in [-0.4, -0.2) is 40.8 Å². The number of carbonyl (C=O) groups is 2. The average Bonchev–Trinajstić information content (AvgIpc) is 3.40. The third-order valence-corrected chi connectivity index (χ3v) is 5.70. The molecule has 7 heteroatoms. The number of aromatic nitrogens is 1. The van der Waals surface area contributed by atoms with E-state index in [4.69, 9.17) is 4.42 Å². The minimum Gasteiger partial charge on any atom is -0.433 e. The van der Waals surface area contributed by atoms with Crippen LogP contribution in [0, 0.1) is 5.82 Å². The van der Waals surface area contributed by atoms with Gasteiger partial charge < -0.3 is 14.6 Å². The molecule has 1 fully saturated rings. The van der Waals surface area contributed by atoms with Crippen molar-refractivity contribution in [2.75, 3.05) is 7.05 Å². The van der Waals surface area contributed by atoms with Gasteiger partial charge in [0.1, 0.15) is 5.52 Å². The van der Waals surface area contributed by atoms with E-state index in [1.807, 2.05) is 6.92 Å². The lowest BCUT2D eigenvalue weighted by atomic mass is 10.1. The maximum absolute atomic E-state index is 13.8. The highest BCUT2D eigenvalue weighted by Crippen LogP contribution is 2.28. The molecule has 1 heterocycles. The van der Waals surface area contributed by atoms with Crippen LogP contribution in [0.4, 0.5) is 4.39 Å². The number of hydrogen-bond donors (Lipinski definition) is 1. The van der Waals surface area contributed by atoms with Gasteiger partial charge in [0.05, 0.1) is 0 Å². The molecule has 156 valence electrons. The molecule has 30 heavy (non-hydrogen) atoms. The monoisotopic (exact) mass is 409 g/mol. The van der Waals surface area contributed by atoms with Crippen LogP contribution >= 0.6 is 0 Å². The molecule has 3 aromatic rings. The predicted octanol–water partition coefficient (Wildman–Crippen LogP) is 4.15. The summed E-state index contributed by atoms with van der Waals surface area (Å²) in [6.45, 7) is 1.83. The molecule has 0 saturated heterocycles. The van der Waals surface area contributed by atoms with Crippen molar-refractivity contribution >= 4 is 22.9 Å². The van der Waals surface area contributed by atoms with Crippen molar-refractivity contribution in [3.8, 4) is 11.5 Å². The molecule has 0 bridgehead atoms. The van der Waals surface area contributed by atoms with Crippen LogP contribution in [0.2, 0.25) is 0 Å². The van der Waals surface area contributed by atoms with E-state index in [1.54, 1.807) is 48.3 Å². The van der Waals surface area contributed by atoms with Crippen molar-refractivity contribution in [3.63, 3.8) is 0 Å². The topological polar surface area (TPSA) is 75.4 Å². The van der Waals surface area contributed by atoms with Gasteiger partial charge in [0.25, 0.3) is 5.91 Å². The molecular formula is C23H24FN3O3. The van der Waals surface area contributed by atoms with Crippen LogP contribution in [0.15, 0.2) is 46.9 Å². The highest BCUT2D eigenvalue weighted by Gasteiger charge is 2.31. The van der Waals surface area contributed by atoms with Crippen LogP contribution < -0.4 is 5.32 Å². The van der Waals surface area contributed by atoms with Gasteiger partial charge in [-0.1, -0.05) is 13.0 Å². The Morgan fingerprint density at radius 3 is 2.67 bits per heavy atom. The lowest BCUT2D eigenvalue weighted by molar-refractivity contribution is -0.121. The molecule has 1 aliphatic carbocycles. The van der Waals surface area contributed by atoms with Crippen molar-refractivity contribution in [2.45, 2.75) is 44.7 Å². The van der Waals surface area contributed by atoms with Crippen molar-refractivity contribution < 1.29 is 18.4 Å². The number of benzene rings is 2. The zero-order valence-corrected chi connectivity index (χ0v) is 17.0. The smallest absolute Gasteiger partial charge is 0.253 e. The Bertz CT molecular complexity index is 1080. The summed E-state index contributed by atoms with van der Waals surface area (Å²) in [4.78, 5) is 30.6. The number of nitrogens with one attached hydrogen (secondary N) is 1. The standard InChI is InChI=1S/C23H24FN3O3/c1-3-20(28)25-16-11-12-17(13-16)27(2)23(29)15-9-7-14(8-10-15)22-26-19-6-4-5-18(24)21(19)30-22/h4-10,16-17H,3,11-13H2,1-2H3,(H,25,28)/t16-,17?/m0/s1. The largest absolute Gasteiger partial charge is 0.433 e. The van der Waals surface area contributed by atoms with E-state index in [2.05, 4.69) is 10.3 Å². The Hall–Kier alpha value is -3.22. The Balaban J connectivity index is 1.45. The molecule has 0 spiro atoms. The molecule has 0 aliphatic heterocycles. The molecule has 0 radical (unpaired) electrons. The van der Waals surface area contributed by atoms with E-state index < -0.39 is 5.82 Å². The first kappa shape index (κ1) is 20.1. The van der Waals surface area contributed by atoms with Gasteiger partial charge in [-0.05, 0) is 55.7 Å². The highest BCUT2D eigenvalue weighted by molar-refractivity contribution is 5.94. The van der Waals surface area contributed by atoms with Gasteiger partial charge in [0, 0.05) is 36.7 Å². The van der Waals surface area contributed by atoms with Gasteiger partial charge in [0.2, 0.25) is 11.8 Å². The molecule has 2 aromatic carbocycles. The number of carbonyl (C=O) groups excluding carboxylic acids is 2. The van der Waals surface area contributed by atoms with Gasteiger partial charge in [0.15, 0.2) is 11.4 Å². The molecule has 2 atom stereocenters. The van der Waals surface area contributed by atoms with Gasteiger partial charge in [-0.25, -0.2) is 9.37 Å². The highest BCUT2D eigenvalue weighted by atomic mass is 19.1. The van der Waals surface area contributed by atoms with Gasteiger partial charge >= 0.3 is 0 Å². The second kappa shape index (κ2) is 8.26. The minimum atomic E-state index is -0.454. The van der Waals surface area contributed by atoms with Crippen LogP contribution in [0.1, 0.15) is 43.0 Å². The quantitative estimate of drug-likeness (QED) is 0.687. The summed E-state index contributed by atoms with van der Waals surface area (Å²) in [5.41, 5.74) is 1.81. The maximum atomic E-state index is 13.8. The van der Waals surface area contributed by atoms with E-state index in [-0.39, 0.29) is 29.5 Å². The second-order valence-electron chi connectivity index (χ2n) is 7.69. The number of nitrogens with zero attached hydrogens (tertiary/aromatic N) is 2. The summed E-state index contributed by atoms with van der Waals surface area (Å²) in [6, 6.07) is 11.8. The maximum Gasteiger partial charge on any atom is 0.253 e. The fourth-order valence-corrected chi connectivity index (χ4v) is 3.93. The summed E-state index contributed by atoms with van der Waals surface area (Å²) < 4.78 is 19.4. The summed E-state index contributed by atoms with van der Waals surface area (Å²) >= 11 is 0. The van der Waals surface area contributed by atoms with Gasteiger partial charge in [-0.15, -0.1) is 0 Å². The SMILES string of the molecule is CCC(=O)N[C@H]1CCC(N(C)C(=O)c2ccc(-c3nc4cccc(F)c4o3)cc2)C1. The van der Waals surface area contributed by atoms with Crippen molar-refractivity contribution in [1.82, 2.24) is 15.2 Å². The van der Waals surface area contributed by atoms with Crippen LogP contribution in [-0.2, 0) is 4.79 Å². The molecule has 1 N–H and O–H groups in total. The van der Waals surface area contributed by atoms with Crippen LogP contribution in [0.25, 0.3) is 22.6 Å². The van der Waals surface area contributed by atoms with Crippen molar-refractivity contribution in [3.05, 3.63) is 53.8 Å². The Morgan fingerprint density at radius 2 is 1.97 bits per heavy atom. The minimum absolute atomic E-state index is 0.0456. The van der Waals surface area contributed by atoms with Crippen LogP contribution in [0.3, 0.4) is 0 Å². The zero-order valence-electron chi connectivity index (χ0n) is 17.0. The third kappa shape index (κ3) is 3.92. The molecule has 1 unspecified atom stereocenters. The first-order chi connectivity index (χ1) is 14.5. The fourth-order valence-electron chi connectivity index (χ4n) is 3.93. The van der Waals surface area contributed by atoms with Crippen molar-refractivity contribution in [2.24, 2.45) is 0 Å². The Morgan fingerprint density at radius 1 is 1.20 bits per heavy atom. The molecule has 4 rings (SSSR count). The van der Waals surface area contributed by atoms with E-state index in [0.717, 1.165) is 19.3 Å². The second-order valence-corrected chi connectivity index (χ2v) is 7.69. The fraction of sp³-hybridized carbons (Fsp3) is 0.348. The van der Waals surface area contributed by atoms with Crippen molar-refractivity contribution in [1.29, 1.82) is 0 Å². The summed E-state index contributed by atoms with van der Waals surface area (Å²) in [5.74, 6) is -0.167. The average molecular weight is 409 g/mol. The number of para-hydroxylation sites is 1. The summed E-state index contributed by atoms with van der Waals surface area (Å²) in [5, 5.41) is 3.01. The first-order valence-corrected chi connectivity index (χ1v) is 10.2. The molecular weight excluding hydrogens is 385 g/mol. The number of amides is 2. The van der Waals surface area contributed by atoms with Gasteiger partial charge in [-0.2, -0.15) is 0 Å². The third-order valence-electron chi connectivity index (χ3n) is 5.70. The number of rotatable bonds is 5. The number of fused-ring (bicyclic) bond motifs is 1. The summed E-state index contributed by atoms with van der Waals surface area (Å²) in [7, 11) is 1.80. The predicted molar refractivity (Wildman–Crippen MR) is 111 cm³/mol. The Kier molecular flexibility index (Phi) is 5.53. The van der Waals surface area contributed by atoms with E-state index in [1.165, 1.54) is 6.07 Å². The van der Waals surface area contributed by atoms with Gasteiger partial charge in [-0.3, -0.25) is 9.59 Å². The van der Waals surface area contributed by atoms with E-state index >= 15 is 0 Å². The first-order valence-electron chi connectivity index (χ1n) is 10.2. The Labute approximate surface area is 174 Å². The number of oxazole rings is 1. The van der Waals surface area contributed by atoms with E-state index in [9.17, 15) is 14.0 Å². The van der Waals surface area contributed by atoms with E-state index in [0.29, 0.717) is 29.0 Å². The molecule has 2 amide bonds. The summed E-state index contributed by atoms with van der Waals surface area (Å²) in [6.07, 6.45) is 2.97. The number of halogens is 1. The lowest BCUT2D eigenvalue weighted by Crippen LogP contribution is -2.38. The molecule has 1 aliphatic rings. The normalized spacial score (nSPS) is 18.5. The molecule has 1 aromatic heterocycles. The molecule has 6 nitrogen and oxygen atoms in total. The van der Waals surface area contributed by atoms with Crippen LogP contribution in [0.5, 0.6) is 0 Å². The zero-order chi connectivity index (χ0) is 21.3. The molecule has 1 saturated carbocycles. The number of hydrogen-bond acceptors (Lipinski definition) is 4. The lowest BCUT2D eigenvalue weighted by Gasteiger charge is -2.25.